The van der Waals surface area contributed by atoms with E-state index in [-0.39, 0.29) is 0 Å². The maximum Gasteiger partial charge on any atom is 0.224 e. The van der Waals surface area contributed by atoms with Crippen molar-refractivity contribution >= 4 is 40.0 Å². The van der Waals surface area contributed by atoms with E-state index >= 15 is 0 Å². The molecule has 2 aromatic heterocycles. The monoisotopic (exact) mass is 357 g/mol. The van der Waals surface area contributed by atoms with Crippen LogP contribution in [0.15, 0.2) is 24.5 Å². The maximum atomic E-state index is 5.00. The van der Waals surface area contributed by atoms with E-state index in [2.05, 4.69) is 48.2 Å². The Morgan fingerprint density at radius 1 is 1.22 bits per heavy atom. The third-order valence-electron chi connectivity index (χ3n) is 2.18. The molecule has 0 unspecified atom stereocenters. The molecule has 2 rings (SSSR count). The van der Waals surface area contributed by atoms with Crippen LogP contribution in [0.2, 0.25) is 0 Å². The molecule has 0 aliphatic carbocycles. The Bertz CT molecular complexity index is 531. The Morgan fingerprint density at radius 2 is 2.06 bits per heavy atom. The molecule has 0 aromatic carbocycles. The van der Waals surface area contributed by atoms with Gasteiger partial charge in [0.2, 0.25) is 11.8 Å². The van der Waals surface area contributed by atoms with Gasteiger partial charge in [0.1, 0.15) is 5.82 Å². The van der Waals surface area contributed by atoms with E-state index in [1.54, 1.807) is 32.6 Å². The topological polar surface area (TPSA) is 72.0 Å². The Hall–Kier alpha value is -1.64. The quantitative estimate of drug-likeness (QED) is 0.818. The van der Waals surface area contributed by atoms with E-state index in [0.717, 1.165) is 15.1 Å². The fraction of sp³-hybridized carbons (Fsp3) is 0.182. The van der Waals surface area contributed by atoms with E-state index in [1.165, 1.54) is 0 Å². The van der Waals surface area contributed by atoms with Crippen molar-refractivity contribution in [3.8, 4) is 5.88 Å². The zero-order valence-electron chi connectivity index (χ0n) is 9.94. The summed E-state index contributed by atoms with van der Waals surface area (Å²) in [5.74, 6) is 1.88. The Balaban J connectivity index is 2.21. The molecule has 0 aliphatic heterocycles. The molecule has 6 nitrogen and oxygen atoms in total. The molecule has 0 radical (unpaired) electrons. The molecule has 7 heteroatoms. The molecule has 0 fully saturated rings. The summed E-state index contributed by atoms with van der Waals surface area (Å²) in [5.41, 5.74) is 0.842. The summed E-state index contributed by atoms with van der Waals surface area (Å²) in [6.07, 6.45) is 3.44. The Morgan fingerprint density at radius 3 is 2.67 bits per heavy atom. The van der Waals surface area contributed by atoms with E-state index in [4.69, 9.17) is 4.74 Å². The van der Waals surface area contributed by atoms with Gasteiger partial charge in [-0.3, -0.25) is 0 Å². The van der Waals surface area contributed by atoms with Crippen LogP contribution in [-0.2, 0) is 0 Å². The number of hydrogen-bond acceptors (Lipinski definition) is 6. The van der Waals surface area contributed by atoms with Crippen molar-refractivity contribution in [2.45, 2.75) is 0 Å². The van der Waals surface area contributed by atoms with Crippen LogP contribution in [0.1, 0.15) is 0 Å². The lowest BCUT2D eigenvalue weighted by Gasteiger charge is -2.08. The van der Waals surface area contributed by atoms with Crippen molar-refractivity contribution in [2.24, 2.45) is 0 Å². The molecule has 0 atom stereocenters. The van der Waals surface area contributed by atoms with Crippen LogP contribution in [0.3, 0.4) is 0 Å². The molecule has 0 aliphatic rings. The lowest BCUT2D eigenvalue weighted by Crippen LogP contribution is -2.02. The summed E-state index contributed by atoms with van der Waals surface area (Å²) in [5, 5.41) is 6.08. The van der Waals surface area contributed by atoms with Crippen LogP contribution in [0.4, 0.5) is 17.5 Å². The SMILES string of the molecule is CNc1ncc(I)c(Nc2ccc(OC)nc2)n1. The lowest BCUT2D eigenvalue weighted by molar-refractivity contribution is 0.398. The molecule has 0 spiro atoms. The minimum absolute atomic E-state index is 0.569. The van der Waals surface area contributed by atoms with Gasteiger partial charge in [0.15, 0.2) is 0 Å². The molecular formula is C11H12IN5O. The van der Waals surface area contributed by atoms with Gasteiger partial charge in [-0.1, -0.05) is 0 Å². The second kappa shape index (κ2) is 5.80. The zero-order valence-corrected chi connectivity index (χ0v) is 12.1. The van der Waals surface area contributed by atoms with Crippen molar-refractivity contribution < 1.29 is 4.74 Å². The largest absolute Gasteiger partial charge is 0.481 e. The predicted molar refractivity (Wildman–Crippen MR) is 78.4 cm³/mol. The molecule has 18 heavy (non-hydrogen) atoms. The summed E-state index contributed by atoms with van der Waals surface area (Å²) in [4.78, 5) is 12.6. The van der Waals surface area contributed by atoms with E-state index in [1.807, 2.05) is 6.07 Å². The van der Waals surface area contributed by atoms with Gasteiger partial charge in [-0.15, -0.1) is 0 Å². The van der Waals surface area contributed by atoms with Gasteiger partial charge >= 0.3 is 0 Å². The highest BCUT2D eigenvalue weighted by atomic mass is 127. The average Bonchev–Trinajstić information content (AvgIpc) is 2.42. The highest BCUT2D eigenvalue weighted by Gasteiger charge is 2.05. The fourth-order valence-electron chi connectivity index (χ4n) is 1.29. The number of nitrogens with zero attached hydrogens (tertiary/aromatic N) is 3. The summed E-state index contributed by atoms with van der Waals surface area (Å²) < 4.78 is 5.94. The normalized spacial score (nSPS) is 9.94. The van der Waals surface area contributed by atoms with Gasteiger partial charge in [0.05, 0.1) is 22.6 Å². The van der Waals surface area contributed by atoms with E-state index < -0.39 is 0 Å². The number of methoxy groups -OCH3 is 1. The van der Waals surface area contributed by atoms with Crippen molar-refractivity contribution in [2.75, 3.05) is 24.8 Å². The second-order valence-electron chi connectivity index (χ2n) is 3.35. The number of halogens is 1. The smallest absolute Gasteiger partial charge is 0.224 e. The van der Waals surface area contributed by atoms with Gasteiger partial charge in [-0.25, -0.2) is 9.97 Å². The summed E-state index contributed by atoms with van der Waals surface area (Å²) in [6, 6.07) is 3.67. The Labute approximate surface area is 118 Å². The Kier molecular flexibility index (Phi) is 4.13. The number of hydrogen-bond donors (Lipinski definition) is 2. The van der Waals surface area contributed by atoms with Crippen molar-refractivity contribution in [1.29, 1.82) is 0 Å². The minimum atomic E-state index is 0.569. The summed E-state index contributed by atoms with van der Waals surface area (Å²) in [6.45, 7) is 0. The summed E-state index contributed by atoms with van der Waals surface area (Å²) >= 11 is 2.17. The van der Waals surface area contributed by atoms with Gasteiger partial charge in [-0.05, 0) is 28.7 Å². The highest BCUT2D eigenvalue weighted by Crippen LogP contribution is 2.21. The van der Waals surface area contributed by atoms with Crippen molar-refractivity contribution in [3.63, 3.8) is 0 Å². The molecular weight excluding hydrogens is 345 g/mol. The predicted octanol–water partition coefficient (Wildman–Crippen LogP) is 2.27. The highest BCUT2D eigenvalue weighted by molar-refractivity contribution is 14.1. The molecule has 0 saturated heterocycles. The van der Waals surface area contributed by atoms with Crippen molar-refractivity contribution in [1.82, 2.24) is 15.0 Å². The van der Waals surface area contributed by atoms with Crippen LogP contribution >= 0.6 is 22.6 Å². The summed E-state index contributed by atoms with van der Waals surface area (Å²) in [7, 11) is 3.36. The minimum Gasteiger partial charge on any atom is -0.481 e. The van der Waals surface area contributed by atoms with Crippen LogP contribution < -0.4 is 15.4 Å². The molecule has 0 amide bonds. The first kappa shape index (κ1) is 12.8. The first-order valence-electron chi connectivity index (χ1n) is 5.20. The number of nitrogens with one attached hydrogen (secondary N) is 2. The van der Waals surface area contributed by atoms with Crippen LogP contribution in [0.5, 0.6) is 5.88 Å². The number of aromatic nitrogens is 3. The maximum absolute atomic E-state index is 5.00. The van der Waals surface area contributed by atoms with Crippen LogP contribution in [0.25, 0.3) is 0 Å². The van der Waals surface area contributed by atoms with Crippen LogP contribution in [-0.4, -0.2) is 29.1 Å². The lowest BCUT2D eigenvalue weighted by atomic mass is 10.4. The zero-order chi connectivity index (χ0) is 13.0. The number of pyridine rings is 1. The van der Waals surface area contributed by atoms with Gasteiger partial charge in [-0.2, -0.15) is 4.98 Å². The number of rotatable bonds is 4. The van der Waals surface area contributed by atoms with Gasteiger partial charge in [0.25, 0.3) is 0 Å². The molecule has 2 aromatic rings. The second-order valence-corrected chi connectivity index (χ2v) is 4.52. The average molecular weight is 357 g/mol. The third-order valence-corrected chi connectivity index (χ3v) is 2.97. The molecule has 94 valence electrons. The first-order chi connectivity index (χ1) is 8.72. The molecule has 0 bridgehead atoms. The third kappa shape index (κ3) is 2.97. The standard InChI is InChI=1S/C11H12IN5O/c1-13-11-15-6-8(12)10(17-11)16-7-3-4-9(18-2)14-5-7/h3-6H,1-2H3,(H2,13,15,16,17). The molecule has 2 N–H and O–H groups in total. The van der Waals surface area contributed by atoms with Gasteiger partial charge in [0, 0.05) is 19.3 Å². The van der Waals surface area contributed by atoms with Crippen molar-refractivity contribution in [3.05, 3.63) is 28.1 Å². The van der Waals surface area contributed by atoms with E-state index in [0.29, 0.717) is 11.8 Å². The fourth-order valence-corrected chi connectivity index (χ4v) is 1.68. The van der Waals surface area contributed by atoms with Crippen LogP contribution in [0, 0.1) is 3.57 Å². The number of anilines is 3. The van der Waals surface area contributed by atoms with E-state index in [9.17, 15) is 0 Å². The molecule has 0 saturated carbocycles. The molecule has 2 heterocycles. The number of ether oxygens (including phenoxy) is 1. The van der Waals surface area contributed by atoms with Gasteiger partial charge < -0.3 is 15.4 Å². The first-order valence-corrected chi connectivity index (χ1v) is 6.28.